The van der Waals surface area contributed by atoms with Crippen LogP contribution in [0.1, 0.15) is 20.3 Å². The number of imide groups is 1. The van der Waals surface area contributed by atoms with Gasteiger partial charge in [-0.05, 0) is 13.8 Å². The Kier molecular flexibility index (Phi) is 5.25. The number of nitrogens with one attached hydrogen (secondary N) is 2. The monoisotopic (exact) mass is 273 g/mol. The highest BCUT2D eigenvalue weighted by Gasteiger charge is 2.40. The first-order valence-corrected chi connectivity index (χ1v) is 6.12. The first-order chi connectivity index (χ1) is 8.86. The van der Waals surface area contributed by atoms with Crippen LogP contribution in [-0.4, -0.2) is 64.3 Å². The molecule has 0 radical (unpaired) electrons. The van der Waals surface area contributed by atoms with Gasteiger partial charge < -0.3 is 15.5 Å². The molecule has 1 saturated heterocycles. The van der Waals surface area contributed by atoms with E-state index in [0.29, 0.717) is 6.54 Å². The van der Waals surface area contributed by atoms with Crippen LogP contribution < -0.4 is 10.6 Å². The lowest BCUT2D eigenvalue weighted by Crippen LogP contribution is -2.52. The van der Waals surface area contributed by atoms with Crippen LogP contribution >= 0.6 is 0 Å². The topological polar surface area (TPSA) is 119 Å². The van der Waals surface area contributed by atoms with Gasteiger partial charge in [-0.15, -0.1) is 0 Å². The third-order valence-electron chi connectivity index (χ3n) is 3.05. The van der Waals surface area contributed by atoms with Gasteiger partial charge in [-0.1, -0.05) is 0 Å². The number of hydrogen-bond acceptors (Lipinski definition) is 5. The number of aliphatic hydroxyl groups excluding tert-OH is 1. The fourth-order valence-corrected chi connectivity index (χ4v) is 2.08. The number of aliphatic hydroxyl groups is 1. The highest BCUT2D eigenvalue weighted by molar-refractivity contribution is 5.97. The number of amides is 3. The van der Waals surface area contributed by atoms with Crippen LogP contribution in [0, 0.1) is 0 Å². The lowest BCUT2D eigenvalue weighted by molar-refractivity contribution is -0.143. The SMILES string of the molecule is CCNC(=O)NC(=O)C(C)N1CC(O)CC1C(=O)O. The second-order valence-electron chi connectivity index (χ2n) is 4.47. The van der Waals surface area contributed by atoms with Gasteiger partial charge >= 0.3 is 12.0 Å². The smallest absolute Gasteiger partial charge is 0.321 e. The van der Waals surface area contributed by atoms with Crippen LogP contribution in [0.3, 0.4) is 0 Å². The van der Waals surface area contributed by atoms with E-state index in [1.807, 2.05) is 0 Å². The molecule has 1 fully saturated rings. The third-order valence-corrected chi connectivity index (χ3v) is 3.05. The van der Waals surface area contributed by atoms with Gasteiger partial charge in [0.1, 0.15) is 6.04 Å². The summed E-state index contributed by atoms with van der Waals surface area (Å²) in [5, 5.41) is 23.1. The minimum atomic E-state index is -1.09. The first kappa shape index (κ1) is 15.4. The Labute approximate surface area is 110 Å². The largest absolute Gasteiger partial charge is 0.480 e. The zero-order valence-electron chi connectivity index (χ0n) is 10.9. The summed E-state index contributed by atoms with van der Waals surface area (Å²) in [5.41, 5.74) is 0. The Morgan fingerprint density at radius 3 is 2.58 bits per heavy atom. The molecule has 0 bridgehead atoms. The molecule has 3 unspecified atom stereocenters. The normalized spacial score (nSPS) is 24.8. The van der Waals surface area contributed by atoms with Crippen molar-refractivity contribution < 1.29 is 24.6 Å². The molecule has 19 heavy (non-hydrogen) atoms. The van der Waals surface area contributed by atoms with Gasteiger partial charge in [-0.3, -0.25) is 19.8 Å². The number of likely N-dealkylation sites (tertiary alicyclic amines) is 1. The summed E-state index contributed by atoms with van der Waals surface area (Å²) in [4.78, 5) is 35.4. The number of urea groups is 1. The van der Waals surface area contributed by atoms with E-state index in [-0.39, 0.29) is 13.0 Å². The molecule has 0 aromatic rings. The number of nitrogens with zero attached hydrogens (tertiary/aromatic N) is 1. The molecule has 0 aliphatic carbocycles. The van der Waals surface area contributed by atoms with E-state index < -0.39 is 36.1 Å². The van der Waals surface area contributed by atoms with Gasteiger partial charge in [0.25, 0.3) is 0 Å². The Morgan fingerprint density at radius 2 is 2.05 bits per heavy atom. The number of carbonyl (C=O) groups excluding carboxylic acids is 2. The van der Waals surface area contributed by atoms with Crippen molar-refractivity contribution in [3.05, 3.63) is 0 Å². The lowest BCUT2D eigenvalue weighted by atomic mass is 10.2. The number of rotatable bonds is 4. The maximum Gasteiger partial charge on any atom is 0.321 e. The minimum absolute atomic E-state index is 0.0775. The van der Waals surface area contributed by atoms with Crippen LogP contribution in [-0.2, 0) is 9.59 Å². The average molecular weight is 273 g/mol. The van der Waals surface area contributed by atoms with E-state index in [0.717, 1.165) is 0 Å². The Hall–Kier alpha value is -1.67. The van der Waals surface area contributed by atoms with Crippen LogP contribution in [0.15, 0.2) is 0 Å². The molecule has 3 atom stereocenters. The summed E-state index contributed by atoms with van der Waals surface area (Å²) < 4.78 is 0. The lowest BCUT2D eigenvalue weighted by Gasteiger charge is -2.26. The summed E-state index contributed by atoms with van der Waals surface area (Å²) in [6, 6.07) is -2.34. The van der Waals surface area contributed by atoms with E-state index in [1.54, 1.807) is 6.92 Å². The standard InChI is InChI=1S/C11H19N3O5/c1-3-12-11(19)13-9(16)6(2)14-5-7(15)4-8(14)10(17)18/h6-8,15H,3-5H2,1-2H3,(H,17,18)(H2,12,13,16,19). The van der Waals surface area contributed by atoms with E-state index in [4.69, 9.17) is 5.11 Å². The number of hydrogen-bond donors (Lipinski definition) is 4. The van der Waals surface area contributed by atoms with Crippen LogP contribution in [0.5, 0.6) is 0 Å². The van der Waals surface area contributed by atoms with Gasteiger partial charge in [-0.2, -0.15) is 0 Å². The van der Waals surface area contributed by atoms with E-state index in [9.17, 15) is 19.5 Å². The predicted molar refractivity (Wildman–Crippen MR) is 65.4 cm³/mol. The maximum absolute atomic E-state index is 11.8. The second-order valence-corrected chi connectivity index (χ2v) is 4.47. The number of carbonyl (C=O) groups is 3. The predicted octanol–water partition coefficient (Wildman–Crippen LogP) is -1.26. The molecule has 1 rings (SSSR count). The average Bonchev–Trinajstić information content (AvgIpc) is 2.70. The van der Waals surface area contributed by atoms with Crippen molar-refractivity contribution in [1.29, 1.82) is 0 Å². The van der Waals surface area contributed by atoms with E-state index in [1.165, 1.54) is 11.8 Å². The molecule has 0 saturated carbocycles. The van der Waals surface area contributed by atoms with Gasteiger partial charge in [0, 0.05) is 19.5 Å². The highest BCUT2D eigenvalue weighted by atomic mass is 16.4. The molecule has 1 aliphatic heterocycles. The highest BCUT2D eigenvalue weighted by Crippen LogP contribution is 2.20. The maximum atomic E-state index is 11.8. The summed E-state index contributed by atoms with van der Waals surface area (Å²) >= 11 is 0. The molecule has 108 valence electrons. The Morgan fingerprint density at radius 1 is 1.42 bits per heavy atom. The summed E-state index contributed by atoms with van der Waals surface area (Å²) in [7, 11) is 0. The molecular formula is C11H19N3O5. The van der Waals surface area contributed by atoms with Crippen LogP contribution in [0.25, 0.3) is 0 Å². The van der Waals surface area contributed by atoms with Gasteiger partial charge in [0.15, 0.2) is 0 Å². The van der Waals surface area contributed by atoms with Gasteiger partial charge in [-0.25, -0.2) is 4.79 Å². The van der Waals surface area contributed by atoms with E-state index in [2.05, 4.69) is 10.6 Å². The van der Waals surface area contributed by atoms with Crippen molar-refractivity contribution in [2.75, 3.05) is 13.1 Å². The van der Waals surface area contributed by atoms with Crippen molar-refractivity contribution in [3.8, 4) is 0 Å². The molecule has 8 heteroatoms. The third kappa shape index (κ3) is 3.90. The first-order valence-electron chi connectivity index (χ1n) is 6.12. The molecule has 0 aromatic carbocycles. The van der Waals surface area contributed by atoms with Crippen LogP contribution in [0.4, 0.5) is 4.79 Å². The summed E-state index contributed by atoms with van der Waals surface area (Å²) in [5.74, 6) is -1.68. The van der Waals surface area contributed by atoms with Gasteiger partial charge in [0.2, 0.25) is 5.91 Å². The number of aliphatic carboxylic acids is 1. The number of carboxylic acid groups (broad SMARTS) is 1. The van der Waals surface area contributed by atoms with Crippen molar-refractivity contribution in [2.45, 2.75) is 38.5 Å². The fourth-order valence-electron chi connectivity index (χ4n) is 2.08. The van der Waals surface area contributed by atoms with Gasteiger partial charge in [0.05, 0.1) is 12.1 Å². The molecule has 1 heterocycles. The van der Waals surface area contributed by atoms with Crippen molar-refractivity contribution >= 4 is 17.9 Å². The molecule has 4 N–H and O–H groups in total. The molecule has 1 aliphatic rings. The molecule has 3 amide bonds. The van der Waals surface area contributed by atoms with Crippen LogP contribution in [0.2, 0.25) is 0 Å². The quantitative estimate of drug-likeness (QED) is 0.507. The molecule has 0 spiro atoms. The second kappa shape index (κ2) is 6.48. The summed E-state index contributed by atoms with van der Waals surface area (Å²) in [6.07, 6.45) is -0.700. The number of β-amino-alcohol motifs (C(OH)–C–C–N with tert-alkyl or cyclic N) is 1. The van der Waals surface area contributed by atoms with Crippen molar-refractivity contribution in [2.24, 2.45) is 0 Å². The molecular weight excluding hydrogens is 254 g/mol. The zero-order chi connectivity index (χ0) is 14.6. The molecule has 8 nitrogen and oxygen atoms in total. The fraction of sp³-hybridized carbons (Fsp3) is 0.727. The Bertz CT molecular complexity index is 373. The van der Waals surface area contributed by atoms with Crippen molar-refractivity contribution in [1.82, 2.24) is 15.5 Å². The number of carboxylic acids is 1. The zero-order valence-corrected chi connectivity index (χ0v) is 10.9. The minimum Gasteiger partial charge on any atom is -0.480 e. The summed E-state index contributed by atoms with van der Waals surface area (Å²) in [6.45, 7) is 3.70. The Balaban J connectivity index is 2.65. The van der Waals surface area contributed by atoms with E-state index >= 15 is 0 Å². The van der Waals surface area contributed by atoms with Crippen molar-refractivity contribution in [3.63, 3.8) is 0 Å². The molecule has 0 aromatic heterocycles.